The zero-order chi connectivity index (χ0) is 13.4. The molecule has 0 heterocycles. The quantitative estimate of drug-likeness (QED) is 0.738. The highest BCUT2D eigenvalue weighted by Gasteiger charge is 2.10. The third-order valence-corrected chi connectivity index (χ3v) is 2.99. The summed E-state index contributed by atoms with van der Waals surface area (Å²) >= 11 is 0. The van der Waals surface area contributed by atoms with E-state index in [0.29, 0.717) is 12.5 Å². The first-order valence-corrected chi connectivity index (χ1v) is 6.84. The van der Waals surface area contributed by atoms with Crippen LogP contribution in [0.4, 0.5) is 8.78 Å². The van der Waals surface area contributed by atoms with Gasteiger partial charge in [-0.2, -0.15) is 0 Å². The molecule has 1 N–H and O–H groups in total. The van der Waals surface area contributed by atoms with Gasteiger partial charge in [0.15, 0.2) is 0 Å². The first-order valence-electron chi connectivity index (χ1n) is 6.84. The Morgan fingerprint density at radius 3 is 2.28 bits per heavy atom. The molecule has 1 aromatic rings. The van der Waals surface area contributed by atoms with E-state index in [4.69, 9.17) is 0 Å². The van der Waals surface area contributed by atoms with Gasteiger partial charge in [-0.05, 0) is 43.5 Å². The molecule has 0 aliphatic heterocycles. The average molecular weight is 255 g/mol. The molecule has 0 spiro atoms. The van der Waals surface area contributed by atoms with Crippen LogP contribution in [-0.2, 0) is 6.42 Å². The largest absolute Gasteiger partial charge is 0.314 e. The molecule has 0 amide bonds. The minimum Gasteiger partial charge on any atom is -0.314 e. The SMILES string of the molecule is CCCCC(Cc1cc(F)cc(F)c1)NCCC. The molecule has 0 aliphatic carbocycles. The number of unbranched alkanes of at least 4 members (excludes halogenated alkanes) is 1. The van der Waals surface area contributed by atoms with Gasteiger partial charge < -0.3 is 5.32 Å². The predicted molar refractivity (Wildman–Crippen MR) is 71.7 cm³/mol. The maximum Gasteiger partial charge on any atom is 0.126 e. The van der Waals surface area contributed by atoms with E-state index in [0.717, 1.165) is 43.9 Å². The first kappa shape index (κ1) is 15.1. The fourth-order valence-corrected chi connectivity index (χ4v) is 2.09. The van der Waals surface area contributed by atoms with Crippen molar-refractivity contribution in [3.8, 4) is 0 Å². The van der Waals surface area contributed by atoms with Gasteiger partial charge in [0.1, 0.15) is 11.6 Å². The van der Waals surface area contributed by atoms with Crippen molar-refractivity contribution < 1.29 is 8.78 Å². The Morgan fingerprint density at radius 2 is 1.72 bits per heavy atom. The van der Waals surface area contributed by atoms with E-state index in [9.17, 15) is 8.78 Å². The van der Waals surface area contributed by atoms with Crippen LogP contribution in [0.3, 0.4) is 0 Å². The lowest BCUT2D eigenvalue weighted by atomic mass is 10.0. The Kier molecular flexibility index (Phi) is 6.88. The van der Waals surface area contributed by atoms with Crippen LogP contribution in [0, 0.1) is 11.6 Å². The number of hydrogen-bond donors (Lipinski definition) is 1. The van der Waals surface area contributed by atoms with E-state index in [1.807, 2.05) is 0 Å². The highest BCUT2D eigenvalue weighted by Crippen LogP contribution is 2.13. The fourth-order valence-electron chi connectivity index (χ4n) is 2.09. The molecule has 0 aliphatic rings. The summed E-state index contributed by atoms with van der Waals surface area (Å²) in [5.41, 5.74) is 0.734. The topological polar surface area (TPSA) is 12.0 Å². The summed E-state index contributed by atoms with van der Waals surface area (Å²) in [6.45, 7) is 5.22. The van der Waals surface area contributed by atoms with Gasteiger partial charge in [0.25, 0.3) is 0 Å². The molecule has 1 rings (SSSR count). The zero-order valence-electron chi connectivity index (χ0n) is 11.3. The maximum absolute atomic E-state index is 13.1. The average Bonchev–Trinajstić information content (AvgIpc) is 2.31. The molecule has 18 heavy (non-hydrogen) atoms. The summed E-state index contributed by atoms with van der Waals surface area (Å²) in [4.78, 5) is 0. The highest BCUT2D eigenvalue weighted by atomic mass is 19.1. The molecule has 0 saturated carbocycles. The molecule has 102 valence electrons. The maximum atomic E-state index is 13.1. The Labute approximate surface area is 109 Å². The van der Waals surface area contributed by atoms with Crippen LogP contribution >= 0.6 is 0 Å². The van der Waals surface area contributed by atoms with Crippen molar-refractivity contribution in [2.24, 2.45) is 0 Å². The summed E-state index contributed by atoms with van der Waals surface area (Å²) in [6.07, 6.45) is 5.09. The van der Waals surface area contributed by atoms with Crippen molar-refractivity contribution in [2.45, 2.75) is 52.0 Å². The van der Waals surface area contributed by atoms with Crippen molar-refractivity contribution in [3.05, 3.63) is 35.4 Å². The summed E-state index contributed by atoms with van der Waals surface area (Å²) in [7, 11) is 0. The van der Waals surface area contributed by atoms with Gasteiger partial charge in [-0.1, -0.05) is 26.7 Å². The van der Waals surface area contributed by atoms with Crippen molar-refractivity contribution in [2.75, 3.05) is 6.54 Å². The number of nitrogens with one attached hydrogen (secondary N) is 1. The van der Waals surface area contributed by atoms with Crippen molar-refractivity contribution in [3.63, 3.8) is 0 Å². The van der Waals surface area contributed by atoms with E-state index in [1.165, 1.54) is 12.1 Å². The zero-order valence-corrected chi connectivity index (χ0v) is 11.3. The van der Waals surface area contributed by atoms with Crippen LogP contribution < -0.4 is 5.32 Å². The lowest BCUT2D eigenvalue weighted by molar-refractivity contribution is 0.460. The van der Waals surface area contributed by atoms with E-state index in [-0.39, 0.29) is 0 Å². The van der Waals surface area contributed by atoms with E-state index in [1.54, 1.807) is 0 Å². The molecule has 0 aromatic heterocycles. The lowest BCUT2D eigenvalue weighted by Crippen LogP contribution is -2.31. The molecule has 0 saturated heterocycles. The molecule has 1 atom stereocenters. The van der Waals surface area contributed by atoms with Crippen LogP contribution in [0.1, 0.15) is 45.1 Å². The molecular weight excluding hydrogens is 232 g/mol. The molecule has 0 fully saturated rings. The molecular formula is C15H23F2N. The molecule has 1 aromatic carbocycles. The van der Waals surface area contributed by atoms with Gasteiger partial charge in [-0.25, -0.2) is 8.78 Å². The molecule has 1 unspecified atom stereocenters. The highest BCUT2D eigenvalue weighted by molar-refractivity contribution is 5.19. The van der Waals surface area contributed by atoms with Crippen LogP contribution in [0.15, 0.2) is 18.2 Å². The van der Waals surface area contributed by atoms with Crippen LogP contribution in [0.25, 0.3) is 0 Å². The lowest BCUT2D eigenvalue weighted by Gasteiger charge is -2.18. The number of halogens is 2. The normalized spacial score (nSPS) is 12.7. The molecule has 1 nitrogen and oxygen atoms in total. The second-order valence-corrected chi connectivity index (χ2v) is 4.78. The number of hydrogen-bond acceptors (Lipinski definition) is 1. The van der Waals surface area contributed by atoms with E-state index < -0.39 is 11.6 Å². The van der Waals surface area contributed by atoms with E-state index >= 15 is 0 Å². The minimum atomic E-state index is -0.491. The van der Waals surface area contributed by atoms with E-state index in [2.05, 4.69) is 19.2 Å². The van der Waals surface area contributed by atoms with Crippen molar-refractivity contribution in [1.82, 2.24) is 5.32 Å². The monoisotopic (exact) mass is 255 g/mol. The third-order valence-electron chi connectivity index (χ3n) is 2.99. The van der Waals surface area contributed by atoms with Gasteiger partial charge in [-0.3, -0.25) is 0 Å². The summed E-state index contributed by atoms with van der Waals surface area (Å²) in [5.74, 6) is -0.982. The van der Waals surface area contributed by atoms with Gasteiger partial charge in [-0.15, -0.1) is 0 Å². The number of rotatable bonds is 8. The van der Waals surface area contributed by atoms with Crippen molar-refractivity contribution >= 4 is 0 Å². The van der Waals surface area contributed by atoms with Gasteiger partial charge in [0, 0.05) is 12.1 Å². The Hall–Kier alpha value is -0.960. The Bertz CT molecular complexity index is 324. The van der Waals surface area contributed by atoms with Crippen LogP contribution in [0.5, 0.6) is 0 Å². The Morgan fingerprint density at radius 1 is 1.06 bits per heavy atom. The molecule has 0 bridgehead atoms. The third kappa shape index (κ3) is 5.58. The second-order valence-electron chi connectivity index (χ2n) is 4.78. The van der Waals surface area contributed by atoms with Crippen LogP contribution in [0.2, 0.25) is 0 Å². The summed E-state index contributed by atoms with van der Waals surface area (Å²) in [6, 6.07) is 4.08. The smallest absolute Gasteiger partial charge is 0.126 e. The number of benzene rings is 1. The summed E-state index contributed by atoms with van der Waals surface area (Å²) in [5, 5.41) is 3.45. The van der Waals surface area contributed by atoms with Gasteiger partial charge >= 0.3 is 0 Å². The van der Waals surface area contributed by atoms with Gasteiger partial charge in [0.05, 0.1) is 0 Å². The first-order chi connectivity index (χ1) is 8.65. The Balaban J connectivity index is 2.62. The van der Waals surface area contributed by atoms with Crippen LogP contribution in [-0.4, -0.2) is 12.6 Å². The second kappa shape index (κ2) is 8.20. The van der Waals surface area contributed by atoms with Gasteiger partial charge in [0.2, 0.25) is 0 Å². The molecule has 0 radical (unpaired) electrons. The standard InChI is InChI=1S/C15H23F2N/c1-3-5-6-15(18-7-4-2)10-12-8-13(16)11-14(17)9-12/h8-9,11,15,18H,3-7,10H2,1-2H3. The predicted octanol–water partition coefficient (Wildman–Crippen LogP) is 4.07. The molecule has 3 heteroatoms. The summed E-state index contributed by atoms with van der Waals surface area (Å²) < 4.78 is 26.2. The minimum absolute atomic E-state index is 0.311. The fraction of sp³-hybridized carbons (Fsp3) is 0.600. The van der Waals surface area contributed by atoms with Crippen molar-refractivity contribution in [1.29, 1.82) is 0 Å².